The number of carbonyl (C=O) groups is 1. The number of aromatic nitrogens is 3. The van der Waals surface area contributed by atoms with E-state index >= 15 is 0 Å². The Morgan fingerprint density at radius 2 is 1.96 bits per heavy atom. The quantitative estimate of drug-likeness (QED) is 0.805. The van der Waals surface area contributed by atoms with Crippen LogP contribution in [0.4, 0.5) is 16.4 Å². The Morgan fingerprint density at radius 1 is 1.20 bits per heavy atom. The van der Waals surface area contributed by atoms with Crippen molar-refractivity contribution in [2.24, 2.45) is 0 Å². The highest BCUT2D eigenvalue weighted by molar-refractivity contribution is 6.31. The summed E-state index contributed by atoms with van der Waals surface area (Å²) >= 11 is 5.94. The Hall–Kier alpha value is -2.81. The van der Waals surface area contributed by atoms with Gasteiger partial charge in [-0.05, 0) is 18.2 Å². The number of anilines is 2. The predicted octanol–water partition coefficient (Wildman–Crippen LogP) is 1.93. The van der Waals surface area contributed by atoms with Crippen molar-refractivity contribution in [2.75, 3.05) is 38.5 Å². The van der Waals surface area contributed by atoms with E-state index in [0.29, 0.717) is 28.2 Å². The number of ether oxygens (including phenoxy) is 2. The van der Waals surface area contributed by atoms with Gasteiger partial charge in [-0.3, -0.25) is 0 Å². The average molecular weight is 367 g/mol. The van der Waals surface area contributed by atoms with Gasteiger partial charge in [0.15, 0.2) is 5.82 Å². The number of benzene rings is 1. The number of rotatable bonds is 6. The highest BCUT2D eigenvalue weighted by atomic mass is 35.5. The van der Waals surface area contributed by atoms with E-state index in [1.165, 1.54) is 14.2 Å². The van der Waals surface area contributed by atoms with Gasteiger partial charge in [0.2, 0.25) is 5.95 Å². The molecule has 134 valence electrons. The SMILES string of the molecule is COc1nc(CNC(=O)Nc2cc(Cl)ccc2OC)nc(N(C)C)n1. The Kier molecular flexibility index (Phi) is 6.18. The van der Waals surface area contributed by atoms with Crippen molar-refractivity contribution in [3.05, 3.63) is 29.0 Å². The first-order valence-corrected chi connectivity index (χ1v) is 7.65. The van der Waals surface area contributed by atoms with Gasteiger partial charge in [-0.15, -0.1) is 0 Å². The van der Waals surface area contributed by atoms with E-state index in [1.54, 1.807) is 37.2 Å². The Balaban J connectivity index is 2.05. The first kappa shape index (κ1) is 18.5. The van der Waals surface area contributed by atoms with Crippen LogP contribution in [-0.4, -0.2) is 49.3 Å². The molecule has 0 aliphatic carbocycles. The van der Waals surface area contributed by atoms with Gasteiger partial charge >= 0.3 is 12.0 Å². The van der Waals surface area contributed by atoms with E-state index in [1.807, 2.05) is 0 Å². The van der Waals surface area contributed by atoms with E-state index in [0.717, 1.165) is 0 Å². The predicted molar refractivity (Wildman–Crippen MR) is 94.6 cm³/mol. The smallest absolute Gasteiger partial charge is 0.321 e. The van der Waals surface area contributed by atoms with Gasteiger partial charge in [-0.25, -0.2) is 4.79 Å². The lowest BCUT2D eigenvalue weighted by atomic mass is 10.3. The van der Waals surface area contributed by atoms with Gasteiger partial charge in [0.25, 0.3) is 0 Å². The molecule has 0 unspecified atom stereocenters. The molecule has 1 aromatic carbocycles. The summed E-state index contributed by atoms with van der Waals surface area (Å²) in [5.41, 5.74) is 0.453. The molecule has 0 bridgehead atoms. The van der Waals surface area contributed by atoms with Crippen molar-refractivity contribution in [3.8, 4) is 11.8 Å². The summed E-state index contributed by atoms with van der Waals surface area (Å²) in [4.78, 5) is 26.3. The second-order valence-corrected chi connectivity index (χ2v) is 5.52. The van der Waals surface area contributed by atoms with E-state index in [9.17, 15) is 4.79 Å². The molecule has 10 heteroatoms. The molecule has 0 radical (unpaired) electrons. The van der Waals surface area contributed by atoms with Crippen molar-refractivity contribution < 1.29 is 14.3 Å². The molecule has 2 rings (SSSR count). The molecule has 1 aromatic heterocycles. The second kappa shape index (κ2) is 8.34. The zero-order valence-corrected chi connectivity index (χ0v) is 15.1. The highest BCUT2D eigenvalue weighted by Crippen LogP contribution is 2.27. The van der Waals surface area contributed by atoms with Crippen LogP contribution in [0.3, 0.4) is 0 Å². The summed E-state index contributed by atoms with van der Waals surface area (Å²) in [6.45, 7) is 0.0917. The minimum Gasteiger partial charge on any atom is -0.495 e. The van der Waals surface area contributed by atoms with Crippen LogP contribution < -0.4 is 25.0 Å². The molecule has 0 fully saturated rings. The molecule has 0 aliphatic rings. The minimum atomic E-state index is -0.452. The Bertz CT molecular complexity index is 756. The molecule has 0 saturated heterocycles. The summed E-state index contributed by atoms with van der Waals surface area (Å²) < 4.78 is 10.2. The molecule has 1 heterocycles. The normalized spacial score (nSPS) is 10.1. The van der Waals surface area contributed by atoms with E-state index < -0.39 is 6.03 Å². The molecule has 9 nitrogen and oxygen atoms in total. The Morgan fingerprint density at radius 3 is 2.60 bits per heavy atom. The van der Waals surface area contributed by atoms with Crippen LogP contribution in [0.1, 0.15) is 5.82 Å². The van der Waals surface area contributed by atoms with E-state index in [2.05, 4.69) is 25.6 Å². The van der Waals surface area contributed by atoms with Crippen LogP contribution in [-0.2, 0) is 6.54 Å². The summed E-state index contributed by atoms with van der Waals surface area (Å²) in [6.07, 6.45) is 0. The van der Waals surface area contributed by atoms with Gasteiger partial charge in [-0.2, -0.15) is 15.0 Å². The van der Waals surface area contributed by atoms with Crippen molar-refractivity contribution in [2.45, 2.75) is 6.54 Å². The largest absolute Gasteiger partial charge is 0.495 e. The number of amides is 2. The zero-order chi connectivity index (χ0) is 18.4. The average Bonchev–Trinajstić information content (AvgIpc) is 2.59. The van der Waals surface area contributed by atoms with Gasteiger partial charge in [0.1, 0.15) is 5.75 Å². The number of methoxy groups -OCH3 is 2. The first-order valence-electron chi connectivity index (χ1n) is 7.27. The van der Waals surface area contributed by atoms with Gasteiger partial charge in [0, 0.05) is 19.1 Å². The third kappa shape index (κ3) is 5.08. The highest BCUT2D eigenvalue weighted by Gasteiger charge is 2.11. The molecule has 0 atom stereocenters. The first-order chi connectivity index (χ1) is 11.9. The summed E-state index contributed by atoms with van der Waals surface area (Å²) in [7, 11) is 6.56. The second-order valence-electron chi connectivity index (χ2n) is 5.09. The number of hydrogen-bond acceptors (Lipinski definition) is 7. The molecular formula is C15H19ClN6O3. The number of halogens is 1. The van der Waals surface area contributed by atoms with E-state index in [-0.39, 0.29) is 12.6 Å². The van der Waals surface area contributed by atoms with Crippen molar-refractivity contribution in [1.29, 1.82) is 0 Å². The zero-order valence-electron chi connectivity index (χ0n) is 14.3. The molecule has 2 amide bonds. The van der Waals surface area contributed by atoms with Crippen LogP contribution in [0, 0.1) is 0 Å². The monoisotopic (exact) mass is 366 g/mol. The van der Waals surface area contributed by atoms with Crippen molar-refractivity contribution >= 4 is 29.3 Å². The number of hydrogen-bond donors (Lipinski definition) is 2. The van der Waals surface area contributed by atoms with Crippen molar-refractivity contribution in [1.82, 2.24) is 20.3 Å². The number of nitrogens with one attached hydrogen (secondary N) is 2. The fourth-order valence-electron chi connectivity index (χ4n) is 1.86. The van der Waals surface area contributed by atoms with Crippen LogP contribution in [0.15, 0.2) is 18.2 Å². The van der Waals surface area contributed by atoms with Crippen molar-refractivity contribution in [3.63, 3.8) is 0 Å². The fraction of sp³-hybridized carbons (Fsp3) is 0.333. The molecule has 25 heavy (non-hydrogen) atoms. The van der Waals surface area contributed by atoms with Gasteiger partial charge in [-0.1, -0.05) is 11.6 Å². The maximum atomic E-state index is 12.1. The molecule has 0 aliphatic heterocycles. The molecular weight excluding hydrogens is 348 g/mol. The lowest BCUT2D eigenvalue weighted by Crippen LogP contribution is -2.29. The van der Waals surface area contributed by atoms with E-state index in [4.69, 9.17) is 21.1 Å². The number of nitrogens with zero attached hydrogens (tertiary/aromatic N) is 4. The number of carbonyl (C=O) groups excluding carboxylic acids is 1. The molecule has 0 saturated carbocycles. The Labute approximate surface area is 150 Å². The molecule has 2 aromatic rings. The van der Waals surface area contributed by atoms with Crippen LogP contribution in [0.25, 0.3) is 0 Å². The summed E-state index contributed by atoms with van der Waals surface area (Å²) in [5, 5.41) is 5.81. The third-order valence-electron chi connectivity index (χ3n) is 3.05. The standard InChI is InChI=1S/C15H19ClN6O3/c1-22(2)13-19-12(20-15(21-13)25-4)8-17-14(23)18-10-7-9(16)5-6-11(10)24-3/h5-7H,8H2,1-4H3,(H2,17,18,23). The molecule has 0 spiro atoms. The maximum Gasteiger partial charge on any atom is 0.321 e. The lowest BCUT2D eigenvalue weighted by molar-refractivity contribution is 0.251. The number of urea groups is 1. The van der Waals surface area contributed by atoms with Crippen LogP contribution in [0.5, 0.6) is 11.8 Å². The van der Waals surface area contributed by atoms with Crippen LogP contribution in [0.2, 0.25) is 5.02 Å². The van der Waals surface area contributed by atoms with Crippen LogP contribution >= 0.6 is 11.6 Å². The maximum absolute atomic E-state index is 12.1. The topological polar surface area (TPSA) is 102 Å². The van der Waals surface area contributed by atoms with Gasteiger partial charge in [0.05, 0.1) is 26.5 Å². The fourth-order valence-corrected chi connectivity index (χ4v) is 2.03. The molecule has 2 N–H and O–H groups in total. The summed E-state index contributed by atoms with van der Waals surface area (Å²) in [6, 6.07) is 4.65. The third-order valence-corrected chi connectivity index (χ3v) is 3.28. The lowest BCUT2D eigenvalue weighted by Gasteiger charge is -2.13. The summed E-state index contributed by atoms with van der Waals surface area (Å²) in [5.74, 6) is 1.29. The minimum absolute atomic E-state index is 0.0917. The van der Waals surface area contributed by atoms with Gasteiger partial charge < -0.3 is 25.0 Å².